The Labute approximate surface area is 163 Å². The van der Waals surface area contributed by atoms with Crippen LogP contribution in [0.2, 0.25) is 5.02 Å². The van der Waals surface area contributed by atoms with Crippen LogP contribution in [0.5, 0.6) is 0 Å². The Bertz CT molecular complexity index is 743. The van der Waals surface area contributed by atoms with Gasteiger partial charge in [0.2, 0.25) is 5.91 Å². The molecule has 2 atom stereocenters. The van der Waals surface area contributed by atoms with E-state index < -0.39 is 35.2 Å². The Hall–Kier alpha value is -2.32. The number of halogens is 1. The van der Waals surface area contributed by atoms with Crippen molar-refractivity contribution in [2.24, 2.45) is 17.2 Å². The third-order valence-corrected chi connectivity index (χ3v) is 4.81. The molecule has 3 amide bonds. The van der Waals surface area contributed by atoms with Crippen LogP contribution in [0.15, 0.2) is 18.2 Å². The van der Waals surface area contributed by atoms with Crippen molar-refractivity contribution in [1.29, 1.82) is 0 Å². The van der Waals surface area contributed by atoms with Gasteiger partial charge in [-0.1, -0.05) is 32.4 Å². The van der Waals surface area contributed by atoms with Crippen molar-refractivity contribution in [3.63, 3.8) is 0 Å². The third-order valence-electron chi connectivity index (χ3n) is 4.48. The van der Waals surface area contributed by atoms with E-state index in [0.717, 1.165) is 12.8 Å². The van der Waals surface area contributed by atoms with Gasteiger partial charge in [-0.2, -0.15) is 0 Å². The maximum Gasteiger partial charge on any atom is 0.256 e. The highest BCUT2D eigenvalue weighted by Gasteiger charge is 2.40. The lowest BCUT2D eigenvalue weighted by Crippen LogP contribution is -2.58. The molecular weight excluding hydrogens is 370 g/mol. The quantitative estimate of drug-likeness (QED) is 0.211. The first-order valence-corrected chi connectivity index (χ1v) is 9.09. The molecule has 0 saturated heterocycles. The van der Waals surface area contributed by atoms with Gasteiger partial charge in [0.05, 0.1) is 10.7 Å². The Morgan fingerprint density at radius 3 is 2.26 bits per heavy atom. The van der Waals surface area contributed by atoms with E-state index in [1.54, 1.807) is 0 Å². The standard InChI is InChI=1S/C18H26ClN5O3/c1-18(2,3)14(17(27)22-13(9-4-5-9)16(26)24-21)23-15(25)10-6-7-12(20)11(19)8-10/h6-9,13-14H,4-5,20-21H2,1-3H3,(H,22,27)(H,23,25)(H,24,26)/t13?,14-/m1/s1. The predicted octanol–water partition coefficient (Wildman–Crippen LogP) is 0.951. The molecule has 0 bridgehead atoms. The van der Waals surface area contributed by atoms with Crippen LogP contribution in [0.25, 0.3) is 0 Å². The number of benzene rings is 1. The summed E-state index contributed by atoms with van der Waals surface area (Å²) in [6, 6.07) is 2.92. The molecule has 1 aliphatic rings. The highest BCUT2D eigenvalue weighted by Crippen LogP contribution is 2.33. The molecule has 8 nitrogen and oxygen atoms in total. The number of carbonyl (C=O) groups is 3. The molecule has 1 unspecified atom stereocenters. The molecule has 0 aromatic heterocycles. The van der Waals surface area contributed by atoms with Gasteiger partial charge in [0, 0.05) is 5.56 Å². The first kappa shape index (κ1) is 21.0. The maximum atomic E-state index is 12.8. The average Bonchev–Trinajstić information content (AvgIpc) is 3.42. The van der Waals surface area contributed by atoms with Crippen LogP contribution in [0.4, 0.5) is 5.69 Å². The van der Waals surface area contributed by atoms with Gasteiger partial charge >= 0.3 is 0 Å². The average molecular weight is 396 g/mol. The van der Waals surface area contributed by atoms with Crippen LogP contribution in [-0.2, 0) is 9.59 Å². The second kappa shape index (κ2) is 8.14. The molecule has 9 heteroatoms. The fourth-order valence-corrected chi connectivity index (χ4v) is 2.89. The number of nitrogens with one attached hydrogen (secondary N) is 3. The monoisotopic (exact) mass is 395 g/mol. The predicted molar refractivity (Wildman–Crippen MR) is 104 cm³/mol. The molecule has 0 spiro atoms. The molecular formula is C18H26ClN5O3. The third kappa shape index (κ3) is 5.33. The summed E-state index contributed by atoms with van der Waals surface area (Å²) in [5, 5.41) is 5.71. The van der Waals surface area contributed by atoms with E-state index in [2.05, 4.69) is 16.1 Å². The van der Waals surface area contributed by atoms with Crippen molar-refractivity contribution in [3.8, 4) is 0 Å². The molecule has 27 heavy (non-hydrogen) atoms. The fourth-order valence-electron chi connectivity index (χ4n) is 2.71. The lowest BCUT2D eigenvalue weighted by Gasteiger charge is -2.31. The molecule has 148 valence electrons. The van der Waals surface area contributed by atoms with Crippen LogP contribution >= 0.6 is 11.6 Å². The molecule has 0 radical (unpaired) electrons. The van der Waals surface area contributed by atoms with Gasteiger partial charge in [0.15, 0.2) is 0 Å². The summed E-state index contributed by atoms with van der Waals surface area (Å²) in [6.45, 7) is 5.47. The maximum absolute atomic E-state index is 12.8. The Morgan fingerprint density at radius 1 is 1.15 bits per heavy atom. The number of carbonyl (C=O) groups excluding carboxylic acids is 3. The number of anilines is 1. The zero-order valence-electron chi connectivity index (χ0n) is 15.6. The minimum absolute atomic E-state index is 0.0599. The zero-order chi connectivity index (χ0) is 20.4. The smallest absolute Gasteiger partial charge is 0.256 e. The minimum Gasteiger partial charge on any atom is -0.398 e. The summed E-state index contributed by atoms with van der Waals surface area (Å²) in [6.07, 6.45) is 1.68. The molecule has 1 fully saturated rings. The number of hydrogen-bond acceptors (Lipinski definition) is 5. The molecule has 0 aliphatic heterocycles. The second-order valence-corrected chi connectivity index (χ2v) is 8.25. The van der Waals surface area contributed by atoms with E-state index in [0.29, 0.717) is 5.69 Å². The Morgan fingerprint density at radius 2 is 1.78 bits per heavy atom. The number of rotatable bonds is 6. The topological polar surface area (TPSA) is 139 Å². The second-order valence-electron chi connectivity index (χ2n) is 7.84. The summed E-state index contributed by atoms with van der Waals surface area (Å²) in [7, 11) is 0. The summed E-state index contributed by atoms with van der Waals surface area (Å²) in [5.41, 5.74) is 7.80. The van der Waals surface area contributed by atoms with Crippen LogP contribution in [0.3, 0.4) is 0 Å². The van der Waals surface area contributed by atoms with Crippen molar-refractivity contribution in [2.45, 2.75) is 45.7 Å². The van der Waals surface area contributed by atoms with Gasteiger partial charge in [-0.25, -0.2) is 5.84 Å². The van der Waals surface area contributed by atoms with Gasteiger partial charge in [0.1, 0.15) is 12.1 Å². The van der Waals surface area contributed by atoms with E-state index in [9.17, 15) is 14.4 Å². The van der Waals surface area contributed by atoms with Crippen LogP contribution in [-0.4, -0.2) is 29.8 Å². The van der Waals surface area contributed by atoms with Gasteiger partial charge in [-0.15, -0.1) is 0 Å². The molecule has 0 heterocycles. The number of hydrazine groups is 1. The summed E-state index contributed by atoms with van der Waals surface area (Å²) < 4.78 is 0. The highest BCUT2D eigenvalue weighted by atomic mass is 35.5. The normalized spacial score (nSPS) is 16.2. The number of nitrogens with two attached hydrogens (primary N) is 2. The SMILES string of the molecule is CC(C)(C)[C@H](NC(=O)c1ccc(N)c(Cl)c1)C(=O)NC(C(=O)NN)C1CC1. The zero-order valence-corrected chi connectivity index (χ0v) is 16.4. The van der Waals surface area contributed by atoms with E-state index in [1.165, 1.54) is 18.2 Å². The first-order valence-electron chi connectivity index (χ1n) is 8.71. The van der Waals surface area contributed by atoms with Crippen LogP contribution in [0, 0.1) is 11.3 Å². The van der Waals surface area contributed by atoms with Crippen molar-refractivity contribution >= 4 is 35.0 Å². The highest BCUT2D eigenvalue weighted by molar-refractivity contribution is 6.33. The van der Waals surface area contributed by atoms with Crippen molar-refractivity contribution in [3.05, 3.63) is 28.8 Å². The lowest BCUT2D eigenvalue weighted by molar-refractivity contribution is -0.131. The van der Waals surface area contributed by atoms with Crippen LogP contribution in [0.1, 0.15) is 44.0 Å². The van der Waals surface area contributed by atoms with Gasteiger partial charge < -0.3 is 16.4 Å². The van der Waals surface area contributed by atoms with E-state index in [4.69, 9.17) is 23.2 Å². The molecule has 1 aromatic rings. The molecule has 1 aromatic carbocycles. The van der Waals surface area contributed by atoms with Crippen LogP contribution < -0.4 is 27.6 Å². The molecule has 1 aliphatic carbocycles. The van der Waals surface area contributed by atoms with Gasteiger partial charge in [-0.3, -0.25) is 19.8 Å². The van der Waals surface area contributed by atoms with E-state index in [-0.39, 0.29) is 16.5 Å². The number of nitrogen functional groups attached to an aromatic ring is 1. The van der Waals surface area contributed by atoms with Crippen molar-refractivity contribution in [2.75, 3.05) is 5.73 Å². The molecule has 7 N–H and O–H groups in total. The van der Waals surface area contributed by atoms with Crippen molar-refractivity contribution in [1.82, 2.24) is 16.1 Å². The van der Waals surface area contributed by atoms with E-state index >= 15 is 0 Å². The Kier molecular flexibility index (Phi) is 6.33. The molecule has 2 rings (SSSR count). The summed E-state index contributed by atoms with van der Waals surface area (Å²) >= 11 is 5.97. The summed E-state index contributed by atoms with van der Waals surface area (Å²) in [4.78, 5) is 37.4. The van der Waals surface area contributed by atoms with Gasteiger partial charge in [0.25, 0.3) is 11.8 Å². The molecule has 1 saturated carbocycles. The minimum atomic E-state index is -0.867. The van der Waals surface area contributed by atoms with Gasteiger partial charge in [-0.05, 0) is 42.4 Å². The summed E-state index contributed by atoms with van der Waals surface area (Å²) in [5.74, 6) is 3.92. The lowest BCUT2D eigenvalue weighted by atomic mass is 9.85. The van der Waals surface area contributed by atoms with Crippen molar-refractivity contribution < 1.29 is 14.4 Å². The first-order chi connectivity index (χ1) is 12.5. The number of amides is 3. The largest absolute Gasteiger partial charge is 0.398 e. The number of hydrogen-bond donors (Lipinski definition) is 5. The Balaban J connectivity index is 2.16. The van der Waals surface area contributed by atoms with E-state index in [1.807, 2.05) is 20.8 Å². The fraction of sp³-hybridized carbons (Fsp3) is 0.500.